The van der Waals surface area contributed by atoms with Crippen LogP contribution in [0, 0.1) is 19.8 Å². The minimum Gasteiger partial charge on any atom is -0.444 e. The molecule has 0 spiro atoms. The van der Waals surface area contributed by atoms with Gasteiger partial charge in [0.15, 0.2) is 0 Å². The first-order chi connectivity index (χ1) is 18.8. The zero-order chi connectivity index (χ0) is 29.9. The lowest BCUT2D eigenvalue weighted by Crippen LogP contribution is -2.53. The van der Waals surface area contributed by atoms with Gasteiger partial charge in [0.25, 0.3) is 5.91 Å². The number of amides is 3. The quantitative estimate of drug-likeness (QED) is 0.255. The molecule has 0 aliphatic heterocycles. The van der Waals surface area contributed by atoms with Gasteiger partial charge in [-0.3, -0.25) is 9.59 Å². The molecule has 2 atom stereocenters. The summed E-state index contributed by atoms with van der Waals surface area (Å²) in [6, 6.07) is 13.6. The Bertz CT molecular complexity index is 1110. The van der Waals surface area contributed by atoms with Crippen molar-refractivity contribution in [3.05, 3.63) is 65.2 Å². The zero-order valence-electron chi connectivity index (χ0n) is 25.7. The van der Waals surface area contributed by atoms with Crippen LogP contribution in [0.15, 0.2) is 48.5 Å². The van der Waals surface area contributed by atoms with Crippen LogP contribution >= 0.6 is 0 Å². The van der Waals surface area contributed by atoms with Gasteiger partial charge in [-0.05, 0) is 70.6 Å². The molecule has 2 aromatic rings. The fourth-order valence-electron chi connectivity index (χ4n) is 4.55. The molecule has 0 fully saturated rings. The van der Waals surface area contributed by atoms with Crippen LogP contribution in [0.25, 0.3) is 0 Å². The highest BCUT2D eigenvalue weighted by Gasteiger charge is 2.36. The summed E-state index contributed by atoms with van der Waals surface area (Å²) in [5.74, 6) is -0.450. The molecule has 0 saturated carbocycles. The van der Waals surface area contributed by atoms with Crippen molar-refractivity contribution >= 4 is 23.6 Å². The molecule has 7 heteroatoms. The number of aryl methyl sites for hydroxylation is 2. The number of rotatable bonds is 13. The highest BCUT2D eigenvalue weighted by atomic mass is 16.6. The van der Waals surface area contributed by atoms with Crippen LogP contribution in [-0.2, 0) is 14.3 Å². The van der Waals surface area contributed by atoms with Gasteiger partial charge in [-0.2, -0.15) is 0 Å². The number of unbranched alkanes of at least 4 members (excludes halogenated alkanes) is 3. The number of carbonyl (C=O) groups is 3. The number of alkyl carbamates (subject to hydrolysis) is 1. The predicted molar refractivity (Wildman–Crippen MR) is 162 cm³/mol. The summed E-state index contributed by atoms with van der Waals surface area (Å²) in [6.45, 7) is 15.8. The molecule has 7 nitrogen and oxygen atoms in total. The number of nitrogens with one attached hydrogen (secondary N) is 2. The molecule has 0 aromatic heterocycles. The van der Waals surface area contributed by atoms with Gasteiger partial charge in [0.1, 0.15) is 17.7 Å². The number of nitrogens with zero attached hydrogens (tertiary/aromatic N) is 1. The lowest BCUT2D eigenvalue weighted by molar-refractivity contribution is -0.141. The van der Waals surface area contributed by atoms with Crippen LogP contribution in [0.5, 0.6) is 0 Å². The molecule has 3 amide bonds. The number of benzene rings is 2. The molecule has 2 N–H and O–H groups in total. The molecule has 0 saturated heterocycles. The standard InChI is InChI=1S/C33H49N3O4/c1-9-10-11-14-21-36(31(38)28(22-23(2)3)35-32(39)40-33(6,7)8)29(26-19-17-24(4)18-20-26)30(37)34-27-16-13-12-15-25(27)5/h12-13,15-20,23,28-29H,9-11,14,21-22H2,1-8H3,(H,34,37)(H,35,39). The molecule has 2 aromatic carbocycles. The van der Waals surface area contributed by atoms with Gasteiger partial charge >= 0.3 is 6.09 Å². The maximum Gasteiger partial charge on any atom is 0.408 e. The van der Waals surface area contributed by atoms with Crippen molar-refractivity contribution in [2.75, 3.05) is 11.9 Å². The summed E-state index contributed by atoms with van der Waals surface area (Å²) in [4.78, 5) is 42.8. The minimum atomic E-state index is -0.871. The highest BCUT2D eigenvalue weighted by Crippen LogP contribution is 2.27. The zero-order valence-corrected chi connectivity index (χ0v) is 25.7. The Kier molecular flexibility index (Phi) is 12.7. The summed E-state index contributed by atoms with van der Waals surface area (Å²) in [7, 11) is 0. The van der Waals surface area contributed by atoms with Crippen LogP contribution in [0.4, 0.5) is 10.5 Å². The first kappa shape index (κ1) is 32.9. The lowest BCUT2D eigenvalue weighted by atomic mass is 9.98. The van der Waals surface area contributed by atoms with E-state index in [1.54, 1.807) is 25.7 Å². The SMILES string of the molecule is CCCCCCN(C(=O)C(CC(C)C)NC(=O)OC(C)(C)C)C(C(=O)Nc1ccccc1C)c1ccc(C)cc1. The number of hydrogen-bond acceptors (Lipinski definition) is 4. The van der Waals surface area contributed by atoms with Gasteiger partial charge in [-0.1, -0.05) is 88.1 Å². The average molecular weight is 552 g/mol. The Morgan fingerprint density at radius 3 is 2.15 bits per heavy atom. The number of para-hydroxylation sites is 1. The van der Waals surface area contributed by atoms with Crippen molar-refractivity contribution in [1.82, 2.24) is 10.2 Å². The van der Waals surface area contributed by atoms with Crippen LogP contribution in [-0.4, -0.2) is 41.0 Å². The molecule has 2 unspecified atom stereocenters. The van der Waals surface area contributed by atoms with Crippen LogP contribution in [0.3, 0.4) is 0 Å². The predicted octanol–water partition coefficient (Wildman–Crippen LogP) is 7.33. The molecule has 0 aliphatic rings. The maximum absolute atomic E-state index is 14.3. The van der Waals surface area contributed by atoms with Gasteiger partial charge in [0.2, 0.25) is 5.91 Å². The summed E-state index contributed by atoms with van der Waals surface area (Å²) in [5.41, 5.74) is 2.72. The number of hydrogen-bond donors (Lipinski definition) is 2. The second-order valence-corrected chi connectivity index (χ2v) is 12.0. The second kappa shape index (κ2) is 15.4. The maximum atomic E-state index is 14.3. The highest BCUT2D eigenvalue weighted by molar-refractivity contribution is 5.99. The molecule has 40 heavy (non-hydrogen) atoms. The molecule has 0 bridgehead atoms. The number of anilines is 1. The minimum absolute atomic E-state index is 0.129. The number of carbonyl (C=O) groups excluding carboxylic acids is 3. The largest absolute Gasteiger partial charge is 0.444 e. The molecule has 2 rings (SSSR count). The van der Waals surface area contributed by atoms with E-state index in [9.17, 15) is 14.4 Å². The summed E-state index contributed by atoms with van der Waals surface area (Å²) < 4.78 is 5.49. The van der Waals surface area contributed by atoms with Crippen molar-refractivity contribution in [2.45, 2.75) is 105 Å². The van der Waals surface area contributed by atoms with E-state index in [0.717, 1.165) is 42.4 Å². The topological polar surface area (TPSA) is 87.7 Å². The van der Waals surface area contributed by atoms with E-state index in [4.69, 9.17) is 4.74 Å². The van der Waals surface area contributed by atoms with Crippen molar-refractivity contribution in [3.63, 3.8) is 0 Å². The van der Waals surface area contributed by atoms with E-state index >= 15 is 0 Å². The Morgan fingerprint density at radius 2 is 1.57 bits per heavy atom. The van der Waals surface area contributed by atoms with E-state index in [-0.39, 0.29) is 17.7 Å². The van der Waals surface area contributed by atoms with Crippen molar-refractivity contribution in [2.24, 2.45) is 5.92 Å². The molecule has 0 heterocycles. The Hall–Kier alpha value is -3.35. The lowest BCUT2D eigenvalue weighted by Gasteiger charge is -2.35. The van der Waals surface area contributed by atoms with Gasteiger partial charge in [-0.15, -0.1) is 0 Å². The van der Waals surface area contributed by atoms with Crippen molar-refractivity contribution < 1.29 is 19.1 Å². The molecule has 220 valence electrons. The molecular weight excluding hydrogens is 502 g/mol. The normalized spacial score (nSPS) is 12.9. The Labute approximate surface area is 241 Å². The molecule has 0 radical (unpaired) electrons. The first-order valence-electron chi connectivity index (χ1n) is 14.6. The van der Waals surface area contributed by atoms with E-state index in [1.807, 2.05) is 76.2 Å². The smallest absolute Gasteiger partial charge is 0.408 e. The van der Waals surface area contributed by atoms with E-state index < -0.39 is 23.8 Å². The van der Waals surface area contributed by atoms with Gasteiger partial charge < -0.3 is 20.3 Å². The third kappa shape index (κ3) is 10.7. The van der Waals surface area contributed by atoms with Crippen molar-refractivity contribution in [3.8, 4) is 0 Å². The fraction of sp³-hybridized carbons (Fsp3) is 0.545. The number of ether oxygens (including phenoxy) is 1. The average Bonchev–Trinajstić information content (AvgIpc) is 2.86. The molecule has 0 aliphatic carbocycles. The summed E-state index contributed by atoms with van der Waals surface area (Å²) >= 11 is 0. The van der Waals surface area contributed by atoms with Crippen LogP contribution < -0.4 is 10.6 Å². The van der Waals surface area contributed by atoms with Gasteiger partial charge in [0, 0.05) is 12.2 Å². The summed E-state index contributed by atoms with van der Waals surface area (Å²) in [6.07, 6.45) is 3.56. The summed E-state index contributed by atoms with van der Waals surface area (Å²) in [5, 5.41) is 5.88. The first-order valence-corrected chi connectivity index (χ1v) is 14.6. The fourth-order valence-corrected chi connectivity index (χ4v) is 4.55. The Morgan fingerprint density at radius 1 is 0.925 bits per heavy atom. The van der Waals surface area contributed by atoms with Gasteiger partial charge in [-0.25, -0.2) is 4.79 Å². The van der Waals surface area contributed by atoms with Crippen molar-refractivity contribution in [1.29, 1.82) is 0 Å². The Balaban J connectivity index is 2.53. The van der Waals surface area contributed by atoms with E-state index in [0.29, 0.717) is 18.7 Å². The molecular formula is C33H49N3O4. The van der Waals surface area contributed by atoms with E-state index in [2.05, 4.69) is 17.6 Å². The third-order valence-electron chi connectivity index (χ3n) is 6.59. The van der Waals surface area contributed by atoms with E-state index in [1.165, 1.54) is 0 Å². The van der Waals surface area contributed by atoms with Crippen LogP contribution in [0.1, 0.15) is 96.4 Å². The third-order valence-corrected chi connectivity index (χ3v) is 6.59. The monoisotopic (exact) mass is 551 g/mol. The van der Waals surface area contributed by atoms with Gasteiger partial charge in [0.05, 0.1) is 0 Å². The second-order valence-electron chi connectivity index (χ2n) is 12.0. The van der Waals surface area contributed by atoms with Crippen LogP contribution in [0.2, 0.25) is 0 Å².